The summed E-state index contributed by atoms with van der Waals surface area (Å²) in [4.78, 5) is 25.1. The van der Waals surface area contributed by atoms with Gasteiger partial charge in [-0.05, 0) is 30.9 Å². The molecule has 1 N–H and O–H groups in total. The smallest absolute Gasteiger partial charge is 0.326 e. The van der Waals surface area contributed by atoms with Crippen molar-refractivity contribution in [3.8, 4) is 0 Å². The average Bonchev–Trinajstić information content (AvgIpc) is 3.12. The highest BCUT2D eigenvalue weighted by atomic mass is 32.1. The summed E-state index contributed by atoms with van der Waals surface area (Å²) in [6.07, 6.45) is 3.75. The minimum Gasteiger partial charge on any atom is -0.480 e. The van der Waals surface area contributed by atoms with Crippen LogP contribution in [-0.4, -0.2) is 40.2 Å². The molecule has 1 fully saturated rings. The van der Waals surface area contributed by atoms with E-state index in [9.17, 15) is 14.7 Å². The third-order valence-corrected chi connectivity index (χ3v) is 4.58. The van der Waals surface area contributed by atoms with Crippen molar-refractivity contribution in [3.05, 3.63) is 24.2 Å². The molecule has 0 aromatic carbocycles. The maximum Gasteiger partial charge on any atom is 0.326 e. The number of hydrogen-bond donors (Lipinski definition) is 2. The summed E-state index contributed by atoms with van der Waals surface area (Å²) in [7, 11) is 0. The van der Waals surface area contributed by atoms with E-state index in [4.69, 9.17) is 4.42 Å². The summed E-state index contributed by atoms with van der Waals surface area (Å²) >= 11 is 4.13. The quantitative estimate of drug-likeness (QED) is 0.789. The molecule has 1 aliphatic rings. The highest BCUT2D eigenvalue weighted by molar-refractivity contribution is 7.80. The third-order valence-electron chi connectivity index (χ3n) is 4.03. The summed E-state index contributed by atoms with van der Waals surface area (Å²) in [6, 6.07) is 3.05. The van der Waals surface area contributed by atoms with Gasteiger partial charge in [-0.2, -0.15) is 12.6 Å². The lowest BCUT2D eigenvalue weighted by Crippen LogP contribution is -2.43. The first-order valence-electron chi connectivity index (χ1n) is 7.19. The van der Waals surface area contributed by atoms with E-state index < -0.39 is 12.0 Å². The highest BCUT2D eigenvalue weighted by Crippen LogP contribution is 2.29. The SMILES string of the molecule is CC(CS)C(=O)N1CC(CCc2ccco2)C[C@H]1C(=O)O. The zero-order valence-corrected chi connectivity index (χ0v) is 13.0. The molecule has 1 saturated heterocycles. The Morgan fingerprint density at radius 3 is 2.90 bits per heavy atom. The van der Waals surface area contributed by atoms with E-state index in [2.05, 4.69) is 12.6 Å². The molecule has 6 heteroatoms. The van der Waals surface area contributed by atoms with Crippen molar-refractivity contribution in [1.82, 2.24) is 4.90 Å². The molecular weight excluding hydrogens is 290 g/mol. The van der Waals surface area contributed by atoms with Crippen LogP contribution in [0.3, 0.4) is 0 Å². The van der Waals surface area contributed by atoms with Crippen molar-refractivity contribution in [3.63, 3.8) is 0 Å². The molecule has 2 unspecified atom stereocenters. The standard InChI is InChI=1S/C15H21NO4S/c1-10(9-21)14(17)16-8-11(7-13(16)15(18)19)4-5-12-3-2-6-20-12/h2-3,6,10-11,13,21H,4-5,7-9H2,1H3,(H,18,19)/t10?,11?,13-/m0/s1. The van der Waals surface area contributed by atoms with Crippen LogP contribution in [0.25, 0.3) is 0 Å². The van der Waals surface area contributed by atoms with E-state index in [1.54, 1.807) is 13.2 Å². The Hall–Kier alpha value is -1.43. The summed E-state index contributed by atoms with van der Waals surface area (Å²) < 4.78 is 5.29. The van der Waals surface area contributed by atoms with Crippen LogP contribution in [0.1, 0.15) is 25.5 Å². The minimum atomic E-state index is -0.921. The van der Waals surface area contributed by atoms with Gasteiger partial charge < -0.3 is 14.4 Å². The Labute approximate surface area is 129 Å². The van der Waals surface area contributed by atoms with Crippen molar-refractivity contribution in [1.29, 1.82) is 0 Å². The van der Waals surface area contributed by atoms with Gasteiger partial charge >= 0.3 is 5.97 Å². The van der Waals surface area contributed by atoms with Crippen LogP contribution in [0.15, 0.2) is 22.8 Å². The van der Waals surface area contributed by atoms with E-state index in [0.29, 0.717) is 18.7 Å². The number of hydrogen-bond acceptors (Lipinski definition) is 4. The van der Waals surface area contributed by atoms with Crippen molar-refractivity contribution in [2.45, 2.75) is 32.2 Å². The predicted octanol–water partition coefficient (Wildman–Crippen LogP) is 2.08. The van der Waals surface area contributed by atoms with Gasteiger partial charge in [-0.3, -0.25) is 4.79 Å². The lowest BCUT2D eigenvalue weighted by Gasteiger charge is -2.24. The van der Waals surface area contributed by atoms with Gasteiger partial charge in [0.25, 0.3) is 0 Å². The lowest BCUT2D eigenvalue weighted by atomic mass is 9.99. The number of nitrogens with zero attached hydrogens (tertiary/aromatic N) is 1. The van der Waals surface area contributed by atoms with Crippen LogP contribution in [0.5, 0.6) is 0 Å². The number of amides is 1. The number of carboxylic acids is 1. The fourth-order valence-corrected chi connectivity index (χ4v) is 2.93. The first-order chi connectivity index (χ1) is 10.0. The second-order valence-corrected chi connectivity index (χ2v) is 6.01. The maximum atomic E-state index is 12.3. The molecule has 116 valence electrons. The molecule has 1 amide bonds. The number of likely N-dealkylation sites (tertiary alicyclic amines) is 1. The number of furan rings is 1. The van der Waals surface area contributed by atoms with E-state index in [1.807, 2.05) is 12.1 Å². The molecule has 0 aliphatic carbocycles. The Morgan fingerprint density at radius 1 is 1.57 bits per heavy atom. The maximum absolute atomic E-state index is 12.3. The molecule has 21 heavy (non-hydrogen) atoms. The van der Waals surface area contributed by atoms with Crippen LogP contribution in [-0.2, 0) is 16.0 Å². The predicted molar refractivity (Wildman–Crippen MR) is 81.3 cm³/mol. The van der Waals surface area contributed by atoms with Gasteiger partial charge in [0.05, 0.1) is 6.26 Å². The lowest BCUT2D eigenvalue weighted by molar-refractivity contribution is -0.149. The summed E-state index contributed by atoms with van der Waals surface area (Å²) in [6.45, 7) is 2.29. The van der Waals surface area contributed by atoms with Crippen LogP contribution in [0.2, 0.25) is 0 Å². The van der Waals surface area contributed by atoms with Crippen LogP contribution in [0, 0.1) is 11.8 Å². The molecule has 1 aliphatic heterocycles. The monoisotopic (exact) mass is 311 g/mol. The molecule has 3 atom stereocenters. The van der Waals surface area contributed by atoms with Crippen molar-refractivity contribution < 1.29 is 19.1 Å². The van der Waals surface area contributed by atoms with Gasteiger partial charge in [0.15, 0.2) is 0 Å². The van der Waals surface area contributed by atoms with Crippen molar-refractivity contribution in [2.75, 3.05) is 12.3 Å². The van der Waals surface area contributed by atoms with E-state index in [1.165, 1.54) is 4.90 Å². The number of carboxylic acid groups (broad SMARTS) is 1. The first kappa shape index (κ1) is 15.9. The van der Waals surface area contributed by atoms with Crippen molar-refractivity contribution >= 4 is 24.5 Å². The number of rotatable bonds is 6. The third kappa shape index (κ3) is 3.81. The summed E-state index contributed by atoms with van der Waals surface area (Å²) in [5, 5.41) is 9.33. The fraction of sp³-hybridized carbons (Fsp3) is 0.600. The van der Waals surface area contributed by atoms with E-state index in [-0.39, 0.29) is 17.7 Å². The summed E-state index contributed by atoms with van der Waals surface area (Å²) in [5.74, 6) is 0.244. The molecule has 5 nitrogen and oxygen atoms in total. The van der Waals surface area contributed by atoms with Gasteiger partial charge in [0, 0.05) is 24.6 Å². The van der Waals surface area contributed by atoms with Crippen LogP contribution >= 0.6 is 12.6 Å². The average molecular weight is 311 g/mol. The van der Waals surface area contributed by atoms with Gasteiger partial charge in [-0.1, -0.05) is 6.92 Å². The topological polar surface area (TPSA) is 70.8 Å². The Balaban J connectivity index is 1.97. The normalized spacial score (nSPS) is 23.2. The molecule has 1 aromatic rings. The highest BCUT2D eigenvalue weighted by Gasteiger charge is 2.40. The number of carbonyl (C=O) groups is 2. The molecule has 0 radical (unpaired) electrons. The van der Waals surface area contributed by atoms with Gasteiger partial charge in [0.2, 0.25) is 5.91 Å². The Kier molecular flexibility index (Phi) is 5.33. The number of aliphatic carboxylic acids is 1. The minimum absolute atomic E-state index is 0.113. The second kappa shape index (κ2) is 7.02. The molecule has 0 bridgehead atoms. The van der Waals surface area contributed by atoms with E-state index >= 15 is 0 Å². The van der Waals surface area contributed by atoms with E-state index in [0.717, 1.165) is 18.6 Å². The molecule has 0 saturated carbocycles. The van der Waals surface area contributed by atoms with Gasteiger partial charge in [-0.15, -0.1) is 0 Å². The van der Waals surface area contributed by atoms with Gasteiger partial charge in [0.1, 0.15) is 11.8 Å². The molecular formula is C15H21NO4S. The first-order valence-corrected chi connectivity index (χ1v) is 7.82. The molecule has 2 heterocycles. The Bertz CT molecular complexity index is 488. The zero-order chi connectivity index (χ0) is 15.4. The van der Waals surface area contributed by atoms with Gasteiger partial charge in [-0.25, -0.2) is 4.79 Å². The molecule has 1 aromatic heterocycles. The van der Waals surface area contributed by atoms with Crippen LogP contribution in [0.4, 0.5) is 0 Å². The Morgan fingerprint density at radius 2 is 2.33 bits per heavy atom. The molecule has 2 rings (SSSR count). The number of thiol groups is 1. The largest absolute Gasteiger partial charge is 0.480 e. The van der Waals surface area contributed by atoms with Crippen molar-refractivity contribution in [2.24, 2.45) is 11.8 Å². The summed E-state index contributed by atoms with van der Waals surface area (Å²) in [5.41, 5.74) is 0. The number of carbonyl (C=O) groups excluding carboxylic acids is 1. The second-order valence-electron chi connectivity index (χ2n) is 5.65. The van der Waals surface area contributed by atoms with Crippen LogP contribution < -0.4 is 0 Å². The fourth-order valence-electron chi connectivity index (χ4n) is 2.77. The zero-order valence-electron chi connectivity index (χ0n) is 12.1. The molecule has 0 spiro atoms. The number of aryl methyl sites for hydroxylation is 1.